The third kappa shape index (κ3) is 3.30. The van der Waals surface area contributed by atoms with Gasteiger partial charge < -0.3 is 15.2 Å². The van der Waals surface area contributed by atoms with E-state index >= 15 is 0 Å². The lowest BCUT2D eigenvalue weighted by atomic mass is 10.3. The standard InChI is InChI=1S/C14H14ClFN2O2/c1-8(2)19-14-10(17)6-7-12(18-14)20-11-5-3-4-9(15)13(11)16/h3-8H,17H2,1-2H3. The number of aromatic nitrogens is 1. The van der Waals surface area contributed by atoms with Crippen molar-refractivity contribution in [1.29, 1.82) is 0 Å². The highest BCUT2D eigenvalue weighted by Gasteiger charge is 2.11. The summed E-state index contributed by atoms with van der Waals surface area (Å²) >= 11 is 5.69. The molecule has 0 radical (unpaired) electrons. The van der Waals surface area contributed by atoms with Crippen LogP contribution in [0.5, 0.6) is 17.5 Å². The highest BCUT2D eigenvalue weighted by molar-refractivity contribution is 6.30. The van der Waals surface area contributed by atoms with E-state index in [-0.39, 0.29) is 28.6 Å². The number of hydrogen-bond acceptors (Lipinski definition) is 4. The summed E-state index contributed by atoms with van der Waals surface area (Å²) in [6.45, 7) is 3.70. The van der Waals surface area contributed by atoms with E-state index in [4.69, 9.17) is 26.8 Å². The van der Waals surface area contributed by atoms with Gasteiger partial charge in [0, 0.05) is 6.07 Å². The van der Waals surface area contributed by atoms with Crippen LogP contribution in [0.25, 0.3) is 0 Å². The van der Waals surface area contributed by atoms with Crippen LogP contribution in [-0.2, 0) is 0 Å². The van der Waals surface area contributed by atoms with E-state index in [9.17, 15) is 4.39 Å². The largest absolute Gasteiger partial charge is 0.473 e. The topological polar surface area (TPSA) is 57.4 Å². The number of hydrogen-bond donors (Lipinski definition) is 1. The minimum absolute atomic E-state index is 0.00901. The first-order valence-electron chi connectivity index (χ1n) is 6.02. The van der Waals surface area contributed by atoms with Crippen molar-refractivity contribution in [2.45, 2.75) is 20.0 Å². The predicted octanol–water partition coefficient (Wildman–Crippen LogP) is 4.04. The molecule has 0 bridgehead atoms. The molecule has 0 saturated carbocycles. The highest BCUT2D eigenvalue weighted by Crippen LogP contribution is 2.30. The molecule has 2 aromatic rings. The molecule has 6 heteroatoms. The SMILES string of the molecule is CC(C)Oc1nc(Oc2cccc(Cl)c2F)ccc1N. The molecule has 1 aromatic carbocycles. The van der Waals surface area contributed by atoms with Crippen LogP contribution in [0.3, 0.4) is 0 Å². The Bertz CT molecular complexity index is 620. The third-order valence-corrected chi connectivity index (χ3v) is 2.63. The van der Waals surface area contributed by atoms with Gasteiger partial charge in [-0.05, 0) is 32.0 Å². The normalized spacial score (nSPS) is 10.7. The summed E-state index contributed by atoms with van der Waals surface area (Å²) in [5.41, 5.74) is 6.13. The first-order valence-corrected chi connectivity index (χ1v) is 6.40. The Labute approximate surface area is 121 Å². The van der Waals surface area contributed by atoms with E-state index in [0.717, 1.165) is 0 Å². The summed E-state index contributed by atoms with van der Waals surface area (Å²) in [5.74, 6) is -0.222. The number of nitrogen functional groups attached to an aromatic ring is 1. The van der Waals surface area contributed by atoms with E-state index in [1.54, 1.807) is 12.1 Å². The Hall–Kier alpha value is -2.01. The van der Waals surface area contributed by atoms with Crippen molar-refractivity contribution >= 4 is 17.3 Å². The van der Waals surface area contributed by atoms with E-state index in [2.05, 4.69) is 4.98 Å². The number of benzene rings is 1. The van der Waals surface area contributed by atoms with Gasteiger partial charge in [-0.1, -0.05) is 17.7 Å². The van der Waals surface area contributed by atoms with Gasteiger partial charge in [-0.25, -0.2) is 4.39 Å². The highest BCUT2D eigenvalue weighted by atomic mass is 35.5. The number of anilines is 1. The molecule has 0 saturated heterocycles. The fourth-order valence-corrected chi connectivity index (χ4v) is 1.65. The summed E-state index contributed by atoms with van der Waals surface area (Å²) in [6, 6.07) is 7.60. The molecule has 4 nitrogen and oxygen atoms in total. The molecule has 20 heavy (non-hydrogen) atoms. The van der Waals surface area contributed by atoms with Crippen LogP contribution in [0.1, 0.15) is 13.8 Å². The second-order valence-electron chi connectivity index (χ2n) is 4.36. The minimum Gasteiger partial charge on any atom is -0.473 e. The molecule has 2 rings (SSSR count). The fraction of sp³-hybridized carbons (Fsp3) is 0.214. The van der Waals surface area contributed by atoms with Crippen LogP contribution in [0.2, 0.25) is 5.02 Å². The van der Waals surface area contributed by atoms with Crippen molar-refractivity contribution in [3.8, 4) is 17.5 Å². The molecule has 1 heterocycles. The van der Waals surface area contributed by atoms with Crippen LogP contribution >= 0.6 is 11.6 Å². The quantitative estimate of drug-likeness (QED) is 0.925. The second-order valence-corrected chi connectivity index (χ2v) is 4.77. The summed E-state index contributed by atoms with van der Waals surface area (Å²) in [6.07, 6.45) is -0.0806. The van der Waals surface area contributed by atoms with Crippen LogP contribution in [0.15, 0.2) is 30.3 Å². The number of pyridine rings is 1. The Morgan fingerprint density at radius 3 is 2.70 bits per heavy atom. The van der Waals surface area contributed by atoms with Gasteiger partial charge in [0.25, 0.3) is 0 Å². The summed E-state index contributed by atoms with van der Waals surface area (Å²) in [5, 5.41) is -0.0170. The van der Waals surface area contributed by atoms with Gasteiger partial charge in [-0.2, -0.15) is 4.98 Å². The van der Waals surface area contributed by atoms with Crippen molar-refractivity contribution in [2.24, 2.45) is 0 Å². The maximum Gasteiger partial charge on any atom is 0.240 e. The summed E-state index contributed by atoms with van der Waals surface area (Å²) < 4.78 is 24.5. The van der Waals surface area contributed by atoms with E-state index in [0.29, 0.717) is 5.69 Å². The van der Waals surface area contributed by atoms with Gasteiger partial charge in [0.1, 0.15) is 0 Å². The lowest BCUT2D eigenvalue weighted by molar-refractivity contribution is 0.232. The second kappa shape index (κ2) is 5.96. The molecular weight excluding hydrogens is 283 g/mol. The van der Waals surface area contributed by atoms with E-state index in [1.165, 1.54) is 18.2 Å². The van der Waals surface area contributed by atoms with Crippen molar-refractivity contribution in [2.75, 3.05) is 5.73 Å². The van der Waals surface area contributed by atoms with E-state index in [1.807, 2.05) is 13.8 Å². The van der Waals surface area contributed by atoms with Crippen LogP contribution in [0.4, 0.5) is 10.1 Å². The molecule has 0 unspecified atom stereocenters. The Kier molecular flexibility index (Phi) is 4.29. The average molecular weight is 297 g/mol. The monoisotopic (exact) mass is 296 g/mol. The molecule has 1 aromatic heterocycles. The van der Waals surface area contributed by atoms with Gasteiger partial charge in [-0.15, -0.1) is 0 Å². The zero-order valence-corrected chi connectivity index (χ0v) is 11.8. The van der Waals surface area contributed by atoms with Gasteiger partial charge in [0.15, 0.2) is 11.6 Å². The number of rotatable bonds is 4. The molecular formula is C14H14ClFN2O2. The minimum atomic E-state index is -0.640. The number of halogens is 2. The Morgan fingerprint density at radius 2 is 2.00 bits per heavy atom. The molecule has 0 aliphatic carbocycles. The number of nitrogens with zero attached hydrogens (tertiary/aromatic N) is 1. The van der Waals surface area contributed by atoms with Crippen LogP contribution in [-0.4, -0.2) is 11.1 Å². The van der Waals surface area contributed by atoms with Gasteiger partial charge in [-0.3, -0.25) is 0 Å². The fourth-order valence-electron chi connectivity index (χ4n) is 1.48. The maximum atomic E-state index is 13.7. The van der Waals surface area contributed by atoms with Crippen LogP contribution < -0.4 is 15.2 Å². The van der Waals surface area contributed by atoms with E-state index < -0.39 is 5.82 Å². The van der Waals surface area contributed by atoms with Crippen molar-refractivity contribution in [3.05, 3.63) is 41.2 Å². The van der Waals surface area contributed by atoms with Gasteiger partial charge in [0.2, 0.25) is 11.8 Å². The Balaban J connectivity index is 2.27. The number of nitrogens with two attached hydrogens (primary N) is 1. The van der Waals surface area contributed by atoms with Crippen molar-refractivity contribution in [1.82, 2.24) is 4.98 Å². The summed E-state index contributed by atoms with van der Waals surface area (Å²) in [4.78, 5) is 4.10. The van der Waals surface area contributed by atoms with Crippen LogP contribution in [0, 0.1) is 5.82 Å². The lowest BCUT2D eigenvalue weighted by Crippen LogP contribution is -2.09. The van der Waals surface area contributed by atoms with Gasteiger partial charge >= 0.3 is 0 Å². The maximum absolute atomic E-state index is 13.7. The molecule has 0 atom stereocenters. The molecule has 0 aliphatic heterocycles. The zero-order chi connectivity index (χ0) is 14.7. The lowest BCUT2D eigenvalue weighted by Gasteiger charge is -2.12. The predicted molar refractivity (Wildman–Crippen MR) is 75.9 cm³/mol. The summed E-state index contributed by atoms with van der Waals surface area (Å²) in [7, 11) is 0. The molecule has 0 spiro atoms. The third-order valence-electron chi connectivity index (χ3n) is 2.34. The van der Waals surface area contributed by atoms with Gasteiger partial charge in [0.05, 0.1) is 16.8 Å². The first kappa shape index (κ1) is 14.4. The Morgan fingerprint density at radius 1 is 1.25 bits per heavy atom. The average Bonchev–Trinajstić information content (AvgIpc) is 2.38. The zero-order valence-electron chi connectivity index (χ0n) is 11.1. The molecule has 0 amide bonds. The van der Waals surface area contributed by atoms with Crippen molar-refractivity contribution in [3.63, 3.8) is 0 Å². The van der Waals surface area contributed by atoms with Crippen molar-refractivity contribution < 1.29 is 13.9 Å². The molecule has 2 N–H and O–H groups in total. The number of ether oxygens (including phenoxy) is 2. The molecule has 106 valence electrons. The molecule has 0 aliphatic rings. The first-order chi connectivity index (χ1) is 9.47. The molecule has 0 fully saturated rings. The smallest absolute Gasteiger partial charge is 0.240 e.